The third-order valence-electron chi connectivity index (χ3n) is 4.87. The summed E-state index contributed by atoms with van der Waals surface area (Å²) >= 11 is 0. The highest BCUT2D eigenvalue weighted by molar-refractivity contribution is 5.94. The first kappa shape index (κ1) is 17.3. The van der Waals surface area contributed by atoms with E-state index in [2.05, 4.69) is 15.5 Å². The van der Waals surface area contributed by atoms with Crippen molar-refractivity contribution >= 4 is 11.6 Å². The predicted molar refractivity (Wildman–Crippen MR) is 103 cm³/mol. The summed E-state index contributed by atoms with van der Waals surface area (Å²) in [7, 11) is 0. The number of nitrogens with zero attached hydrogens (tertiary/aromatic N) is 2. The Bertz CT molecular complexity index is 891. The average Bonchev–Trinajstić information content (AvgIpc) is 3.24. The Kier molecular flexibility index (Phi) is 4.87. The molecule has 0 radical (unpaired) electrons. The van der Waals surface area contributed by atoms with Crippen LogP contribution in [0.15, 0.2) is 60.8 Å². The molecule has 5 nitrogen and oxygen atoms in total. The van der Waals surface area contributed by atoms with Gasteiger partial charge in [0, 0.05) is 36.6 Å². The molecule has 2 N–H and O–H groups in total. The number of rotatable bonds is 4. The van der Waals surface area contributed by atoms with Crippen LogP contribution < -0.4 is 5.32 Å². The maximum absolute atomic E-state index is 13.1. The Morgan fingerprint density at radius 3 is 2.59 bits per heavy atom. The van der Waals surface area contributed by atoms with Gasteiger partial charge < -0.3 is 10.2 Å². The number of amides is 1. The summed E-state index contributed by atoms with van der Waals surface area (Å²) in [6, 6.07) is 16.0. The molecule has 2 aromatic carbocycles. The number of hydrogen-bond acceptors (Lipinski definition) is 3. The van der Waals surface area contributed by atoms with Crippen LogP contribution in [0.3, 0.4) is 0 Å². The molecular weight excluding hydrogens is 343 g/mol. The summed E-state index contributed by atoms with van der Waals surface area (Å²) in [6.07, 6.45) is 3.63. The zero-order valence-electron chi connectivity index (χ0n) is 14.9. The SMILES string of the molecule is O=C(c1ccc(-c2ccn[nH]2)cc1)N1CCCC(Nc2ccc(F)cc2)C1. The molecule has 0 saturated carbocycles. The first-order valence-electron chi connectivity index (χ1n) is 9.10. The van der Waals surface area contributed by atoms with Crippen LogP contribution in [-0.2, 0) is 0 Å². The molecule has 4 rings (SSSR count). The zero-order chi connectivity index (χ0) is 18.6. The molecule has 1 aliphatic rings. The minimum atomic E-state index is -0.250. The lowest BCUT2D eigenvalue weighted by Crippen LogP contribution is -2.45. The number of benzene rings is 2. The molecule has 1 saturated heterocycles. The summed E-state index contributed by atoms with van der Waals surface area (Å²) in [6.45, 7) is 1.39. The Hall–Kier alpha value is -3.15. The average molecular weight is 364 g/mol. The van der Waals surface area contributed by atoms with E-state index in [4.69, 9.17) is 0 Å². The lowest BCUT2D eigenvalue weighted by Gasteiger charge is -2.33. The molecule has 0 aliphatic carbocycles. The van der Waals surface area contributed by atoms with E-state index in [1.165, 1.54) is 12.1 Å². The molecule has 3 aromatic rings. The third kappa shape index (κ3) is 4.00. The number of likely N-dealkylation sites (tertiary alicyclic amines) is 1. The minimum absolute atomic E-state index is 0.0387. The Morgan fingerprint density at radius 1 is 1.11 bits per heavy atom. The number of hydrogen-bond donors (Lipinski definition) is 2. The maximum Gasteiger partial charge on any atom is 0.253 e. The molecule has 2 heterocycles. The molecular formula is C21H21FN4O. The van der Waals surface area contributed by atoms with Gasteiger partial charge in [-0.05, 0) is 60.9 Å². The van der Waals surface area contributed by atoms with Gasteiger partial charge in [-0.25, -0.2) is 4.39 Å². The monoisotopic (exact) mass is 364 g/mol. The third-order valence-corrected chi connectivity index (χ3v) is 4.87. The van der Waals surface area contributed by atoms with Crippen molar-refractivity contribution in [3.05, 3.63) is 72.2 Å². The minimum Gasteiger partial charge on any atom is -0.381 e. The number of H-pyrrole nitrogens is 1. The molecule has 1 unspecified atom stereocenters. The fourth-order valence-electron chi connectivity index (χ4n) is 3.45. The fourth-order valence-corrected chi connectivity index (χ4v) is 3.45. The zero-order valence-corrected chi connectivity index (χ0v) is 14.9. The van der Waals surface area contributed by atoms with E-state index < -0.39 is 0 Å². The first-order valence-corrected chi connectivity index (χ1v) is 9.10. The topological polar surface area (TPSA) is 61.0 Å². The van der Waals surface area contributed by atoms with Crippen LogP contribution in [0, 0.1) is 5.82 Å². The highest BCUT2D eigenvalue weighted by Crippen LogP contribution is 2.21. The lowest BCUT2D eigenvalue weighted by atomic mass is 10.0. The molecule has 1 aliphatic heterocycles. The van der Waals surface area contributed by atoms with Crippen molar-refractivity contribution in [2.45, 2.75) is 18.9 Å². The molecule has 1 atom stereocenters. The Morgan fingerprint density at radius 2 is 1.89 bits per heavy atom. The highest BCUT2D eigenvalue weighted by Gasteiger charge is 2.24. The predicted octanol–water partition coefficient (Wildman–Crippen LogP) is 3.93. The number of carbonyl (C=O) groups excluding carboxylic acids is 1. The molecule has 1 aromatic heterocycles. The molecule has 6 heteroatoms. The smallest absolute Gasteiger partial charge is 0.253 e. The van der Waals surface area contributed by atoms with Crippen molar-refractivity contribution < 1.29 is 9.18 Å². The second-order valence-corrected chi connectivity index (χ2v) is 6.79. The molecule has 1 fully saturated rings. The van der Waals surface area contributed by atoms with Crippen molar-refractivity contribution in [3.63, 3.8) is 0 Å². The summed E-state index contributed by atoms with van der Waals surface area (Å²) in [5.41, 5.74) is 3.48. The van der Waals surface area contributed by atoms with Gasteiger partial charge in [0.05, 0.1) is 5.69 Å². The van der Waals surface area contributed by atoms with Gasteiger partial charge in [0.15, 0.2) is 0 Å². The summed E-state index contributed by atoms with van der Waals surface area (Å²) < 4.78 is 13.1. The maximum atomic E-state index is 13.1. The number of nitrogens with one attached hydrogen (secondary N) is 2. The summed E-state index contributed by atoms with van der Waals surface area (Å²) in [4.78, 5) is 14.8. The van der Waals surface area contributed by atoms with Gasteiger partial charge in [-0.1, -0.05) is 12.1 Å². The van der Waals surface area contributed by atoms with Crippen LogP contribution in [0.2, 0.25) is 0 Å². The van der Waals surface area contributed by atoms with Crippen LogP contribution in [0.1, 0.15) is 23.2 Å². The number of aromatic nitrogens is 2. The molecule has 138 valence electrons. The number of aromatic amines is 1. The second-order valence-electron chi connectivity index (χ2n) is 6.79. The summed E-state index contributed by atoms with van der Waals surface area (Å²) in [5.74, 6) is -0.212. The van der Waals surface area contributed by atoms with Gasteiger partial charge in [0.2, 0.25) is 0 Å². The van der Waals surface area contributed by atoms with Crippen molar-refractivity contribution in [3.8, 4) is 11.3 Å². The normalized spacial score (nSPS) is 16.9. The fraction of sp³-hybridized carbons (Fsp3) is 0.238. The van der Waals surface area contributed by atoms with E-state index in [1.54, 1.807) is 18.3 Å². The van der Waals surface area contributed by atoms with Gasteiger partial charge in [0.25, 0.3) is 5.91 Å². The van der Waals surface area contributed by atoms with Gasteiger partial charge in [-0.15, -0.1) is 0 Å². The largest absolute Gasteiger partial charge is 0.381 e. The van der Waals surface area contributed by atoms with Crippen LogP contribution in [-0.4, -0.2) is 40.1 Å². The van der Waals surface area contributed by atoms with Crippen LogP contribution in [0.25, 0.3) is 11.3 Å². The Labute approximate surface area is 157 Å². The first-order chi connectivity index (χ1) is 13.2. The number of piperidine rings is 1. The van der Waals surface area contributed by atoms with Gasteiger partial charge in [-0.3, -0.25) is 9.89 Å². The van der Waals surface area contributed by atoms with Crippen LogP contribution >= 0.6 is 0 Å². The highest BCUT2D eigenvalue weighted by atomic mass is 19.1. The second kappa shape index (κ2) is 7.61. The molecule has 27 heavy (non-hydrogen) atoms. The van der Waals surface area contributed by atoms with Crippen molar-refractivity contribution in [2.24, 2.45) is 0 Å². The van der Waals surface area contributed by atoms with E-state index in [0.717, 1.165) is 36.3 Å². The van der Waals surface area contributed by atoms with Gasteiger partial charge in [0.1, 0.15) is 5.82 Å². The summed E-state index contributed by atoms with van der Waals surface area (Å²) in [5, 5.41) is 10.3. The number of carbonyl (C=O) groups is 1. The van der Waals surface area contributed by atoms with Gasteiger partial charge >= 0.3 is 0 Å². The van der Waals surface area contributed by atoms with E-state index in [9.17, 15) is 9.18 Å². The van der Waals surface area contributed by atoms with Crippen LogP contribution in [0.4, 0.5) is 10.1 Å². The number of halogens is 1. The quantitative estimate of drug-likeness (QED) is 0.737. The van der Waals surface area contributed by atoms with Crippen molar-refractivity contribution in [2.75, 3.05) is 18.4 Å². The standard InChI is InChI=1S/C21H21FN4O/c22-17-7-9-18(10-8-17)24-19-2-1-13-26(14-19)21(27)16-5-3-15(4-6-16)20-11-12-23-25-20/h3-12,19,24H,1-2,13-14H2,(H,23,25). The van der Waals surface area contributed by atoms with Gasteiger partial charge in [-0.2, -0.15) is 5.10 Å². The molecule has 0 spiro atoms. The molecule has 1 amide bonds. The Balaban J connectivity index is 1.41. The van der Waals surface area contributed by atoms with E-state index in [-0.39, 0.29) is 17.8 Å². The number of anilines is 1. The van der Waals surface area contributed by atoms with E-state index >= 15 is 0 Å². The van der Waals surface area contributed by atoms with Crippen molar-refractivity contribution in [1.82, 2.24) is 15.1 Å². The van der Waals surface area contributed by atoms with E-state index in [0.29, 0.717) is 12.1 Å². The van der Waals surface area contributed by atoms with Crippen molar-refractivity contribution in [1.29, 1.82) is 0 Å². The molecule has 0 bridgehead atoms. The van der Waals surface area contributed by atoms with Crippen LogP contribution in [0.5, 0.6) is 0 Å². The van der Waals surface area contributed by atoms with E-state index in [1.807, 2.05) is 35.2 Å². The lowest BCUT2D eigenvalue weighted by molar-refractivity contribution is 0.0715.